The van der Waals surface area contributed by atoms with Crippen molar-refractivity contribution in [2.45, 2.75) is 25.7 Å². The number of rotatable bonds is 4. The molecule has 1 saturated heterocycles. The lowest BCUT2D eigenvalue weighted by molar-refractivity contribution is -0.116. The van der Waals surface area contributed by atoms with Crippen LogP contribution in [0.5, 0.6) is 0 Å². The van der Waals surface area contributed by atoms with Crippen molar-refractivity contribution in [1.29, 1.82) is 0 Å². The highest BCUT2D eigenvalue weighted by Crippen LogP contribution is 2.18. The molecule has 0 aromatic carbocycles. The zero-order valence-electron chi connectivity index (χ0n) is 8.98. The van der Waals surface area contributed by atoms with Gasteiger partial charge in [-0.2, -0.15) is 0 Å². The summed E-state index contributed by atoms with van der Waals surface area (Å²) >= 11 is 1.10. The maximum absolute atomic E-state index is 11.5. The van der Waals surface area contributed by atoms with Crippen LogP contribution in [0.3, 0.4) is 0 Å². The number of hydrogen-bond donors (Lipinski definition) is 2. The van der Waals surface area contributed by atoms with Crippen molar-refractivity contribution in [3.63, 3.8) is 0 Å². The second kappa shape index (κ2) is 5.86. The third-order valence-corrected chi connectivity index (χ3v) is 3.30. The lowest BCUT2D eigenvalue weighted by Crippen LogP contribution is -2.28. The molecule has 0 radical (unpaired) electrons. The van der Waals surface area contributed by atoms with Crippen LogP contribution in [0.1, 0.15) is 25.7 Å². The quantitative estimate of drug-likeness (QED) is 0.809. The lowest BCUT2D eigenvalue weighted by atomic mass is 9.93. The zero-order chi connectivity index (χ0) is 11.2. The van der Waals surface area contributed by atoms with Crippen molar-refractivity contribution in [2.24, 2.45) is 5.92 Å². The molecule has 0 saturated carbocycles. The average molecular weight is 241 g/mol. The summed E-state index contributed by atoms with van der Waals surface area (Å²) in [5.74, 6) is 0.691. The minimum Gasteiger partial charge on any atom is -0.317 e. The van der Waals surface area contributed by atoms with E-state index in [1.165, 1.54) is 12.8 Å². The average Bonchev–Trinajstić information content (AvgIpc) is 2.81. The molecular formula is C9H15N5OS. The number of nitrogens with zero attached hydrogens (tertiary/aromatic N) is 3. The third-order valence-electron chi connectivity index (χ3n) is 2.78. The van der Waals surface area contributed by atoms with Crippen molar-refractivity contribution >= 4 is 22.6 Å². The van der Waals surface area contributed by atoms with Gasteiger partial charge < -0.3 is 5.32 Å². The van der Waals surface area contributed by atoms with Gasteiger partial charge in [0.15, 0.2) is 0 Å². The topological polar surface area (TPSA) is 79.8 Å². The maximum Gasteiger partial charge on any atom is 0.231 e. The van der Waals surface area contributed by atoms with E-state index in [0.717, 1.165) is 31.0 Å². The van der Waals surface area contributed by atoms with E-state index in [1.807, 2.05) is 0 Å². The Morgan fingerprint density at radius 1 is 1.50 bits per heavy atom. The van der Waals surface area contributed by atoms with Gasteiger partial charge in [-0.15, -0.1) is 0 Å². The fourth-order valence-corrected chi connectivity index (χ4v) is 2.25. The summed E-state index contributed by atoms with van der Waals surface area (Å²) < 4.78 is 3.58. The SMILES string of the molecule is O=C(CCC1CCNCC1)Nc1nnns1. The Bertz CT molecular complexity index is 323. The van der Waals surface area contributed by atoms with Crippen molar-refractivity contribution in [2.75, 3.05) is 18.4 Å². The molecule has 6 nitrogen and oxygen atoms in total. The predicted molar refractivity (Wildman–Crippen MR) is 61.2 cm³/mol. The molecule has 1 fully saturated rings. The van der Waals surface area contributed by atoms with Gasteiger partial charge in [0.2, 0.25) is 11.0 Å². The first-order valence-electron chi connectivity index (χ1n) is 5.50. The molecule has 0 atom stereocenters. The van der Waals surface area contributed by atoms with E-state index in [1.54, 1.807) is 0 Å². The molecule has 16 heavy (non-hydrogen) atoms. The van der Waals surface area contributed by atoms with Crippen molar-refractivity contribution in [1.82, 2.24) is 20.1 Å². The van der Waals surface area contributed by atoms with E-state index >= 15 is 0 Å². The van der Waals surface area contributed by atoms with Gasteiger partial charge >= 0.3 is 0 Å². The molecule has 1 aromatic rings. The van der Waals surface area contributed by atoms with E-state index in [0.29, 0.717) is 17.5 Å². The van der Waals surface area contributed by atoms with Gasteiger partial charge in [0.05, 0.1) is 0 Å². The lowest BCUT2D eigenvalue weighted by Gasteiger charge is -2.21. The Kier molecular flexibility index (Phi) is 4.17. The van der Waals surface area contributed by atoms with E-state index in [4.69, 9.17) is 0 Å². The number of piperidine rings is 1. The van der Waals surface area contributed by atoms with Gasteiger partial charge in [-0.1, -0.05) is 9.59 Å². The molecule has 1 aliphatic heterocycles. The summed E-state index contributed by atoms with van der Waals surface area (Å²) in [5.41, 5.74) is 0. The van der Waals surface area contributed by atoms with E-state index in [9.17, 15) is 4.79 Å². The summed E-state index contributed by atoms with van der Waals surface area (Å²) in [6.07, 6.45) is 3.87. The number of nitrogens with one attached hydrogen (secondary N) is 2. The number of amides is 1. The molecule has 2 N–H and O–H groups in total. The minimum atomic E-state index is 0.0112. The number of anilines is 1. The number of aromatic nitrogens is 3. The Morgan fingerprint density at radius 2 is 2.31 bits per heavy atom. The standard InChI is InChI=1S/C9H15N5OS/c15-8(11-9-12-13-14-16-9)2-1-7-3-5-10-6-4-7/h7,10H,1-6H2,(H,11,12,14,15). The Labute approximate surface area is 98.0 Å². The monoisotopic (exact) mass is 241 g/mol. The Morgan fingerprint density at radius 3 is 3.00 bits per heavy atom. The first-order chi connectivity index (χ1) is 7.84. The summed E-state index contributed by atoms with van der Waals surface area (Å²) in [7, 11) is 0. The van der Waals surface area contributed by atoms with Gasteiger partial charge in [0.1, 0.15) is 0 Å². The van der Waals surface area contributed by atoms with Crippen LogP contribution in [0.4, 0.5) is 5.13 Å². The smallest absolute Gasteiger partial charge is 0.231 e. The molecular weight excluding hydrogens is 226 g/mol. The van der Waals surface area contributed by atoms with Crippen LogP contribution in [0.25, 0.3) is 0 Å². The minimum absolute atomic E-state index is 0.0112. The molecule has 2 heterocycles. The van der Waals surface area contributed by atoms with Crippen molar-refractivity contribution < 1.29 is 4.79 Å². The second-order valence-electron chi connectivity index (χ2n) is 3.95. The fraction of sp³-hybridized carbons (Fsp3) is 0.778. The summed E-state index contributed by atoms with van der Waals surface area (Å²) in [6, 6.07) is 0. The number of carbonyl (C=O) groups is 1. The Balaban J connectivity index is 1.67. The normalized spacial score (nSPS) is 17.2. The van der Waals surface area contributed by atoms with Crippen molar-refractivity contribution in [3.8, 4) is 0 Å². The summed E-state index contributed by atoms with van der Waals surface area (Å²) in [4.78, 5) is 11.5. The van der Waals surface area contributed by atoms with Crippen molar-refractivity contribution in [3.05, 3.63) is 0 Å². The van der Waals surface area contributed by atoms with E-state index in [-0.39, 0.29) is 5.91 Å². The van der Waals surface area contributed by atoms with Crippen LogP contribution in [0.2, 0.25) is 0 Å². The summed E-state index contributed by atoms with van der Waals surface area (Å²) in [5, 5.41) is 13.6. The van der Waals surface area contributed by atoms with Crippen LogP contribution in [0, 0.1) is 5.92 Å². The molecule has 0 unspecified atom stereocenters. The van der Waals surface area contributed by atoms with Crippen LogP contribution in [-0.2, 0) is 4.79 Å². The Hall–Kier alpha value is -1.08. The van der Waals surface area contributed by atoms with E-state index < -0.39 is 0 Å². The number of hydrogen-bond acceptors (Lipinski definition) is 6. The molecule has 1 aliphatic rings. The fourth-order valence-electron chi connectivity index (χ4n) is 1.87. The van der Waals surface area contributed by atoms with Crippen LogP contribution < -0.4 is 10.6 Å². The largest absolute Gasteiger partial charge is 0.317 e. The molecule has 0 spiro atoms. The zero-order valence-corrected chi connectivity index (χ0v) is 9.79. The molecule has 2 rings (SSSR count). The van der Waals surface area contributed by atoms with Crippen LogP contribution in [-0.4, -0.2) is 33.8 Å². The number of carbonyl (C=O) groups excluding carboxylic acids is 1. The van der Waals surface area contributed by atoms with Gasteiger partial charge in [0, 0.05) is 18.0 Å². The molecule has 0 aliphatic carbocycles. The van der Waals surface area contributed by atoms with E-state index in [2.05, 4.69) is 25.4 Å². The molecule has 7 heteroatoms. The van der Waals surface area contributed by atoms with Gasteiger partial charge in [-0.25, -0.2) is 0 Å². The van der Waals surface area contributed by atoms with Crippen LogP contribution >= 0.6 is 11.5 Å². The maximum atomic E-state index is 11.5. The molecule has 1 aromatic heterocycles. The third kappa shape index (κ3) is 3.49. The van der Waals surface area contributed by atoms with Gasteiger partial charge in [0.25, 0.3) is 0 Å². The molecule has 1 amide bonds. The first kappa shape index (κ1) is 11.4. The summed E-state index contributed by atoms with van der Waals surface area (Å²) in [6.45, 7) is 2.15. The van der Waals surface area contributed by atoms with Gasteiger partial charge in [-0.05, 0) is 43.5 Å². The van der Waals surface area contributed by atoms with Gasteiger partial charge in [-0.3, -0.25) is 10.1 Å². The first-order valence-corrected chi connectivity index (χ1v) is 6.27. The highest BCUT2D eigenvalue weighted by molar-refractivity contribution is 7.09. The van der Waals surface area contributed by atoms with Crippen LogP contribution in [0.15, 0.2) is 0 Å². The highest BCUT2D eigenvalue weighted by atomic mass is 32.1. The highest BCUT2D eigenvalue weighted by Gasteiger charge is 2.14. The molecule has 88 valence electrons. The second-order valence-corrected chi connectivity index (χ2v) is 4.68. The molecule has 0 bridgehead atoms. The predicted octanol–water partition coefficient (Wildman–Crippen LogP) is 0.651.